The quantitative estimate of drug-likeness (QED) is 0.589. The van der Waals surface area contributed by atoms with E-state index in [1.54, 1.807) is 0 Å². The van der Waals surface area contributed by atoms with Crippen LogP contribution in [-0.4, -0.2) is 12.1 Å². The molecule has 0 aromatic heterocycles. The van der Waals surface area contributed by atoms with Gasteiger partial charge < -0.3 is 5.32 Å². The van der Waals surface area contributed by atoms with Gasteiger partial charge in [-0.15, -0.1) is 0 Å². The van der Waals surface area contributed by atoms with Crippen LogP contribution >= 0.6 is 0 Å². The Morgan fingerprint density at radius 2 is 2.18 bits per heavy atom. The molecule has 0 bridgehead atoms. The summed E-state index contributed by atoms with van der Waals surface area (Å²) in [7, 11) is 0. The van der Waals surface area contributed by atoms with Gasteiger partial charge in [-0.1, -0.05) is 12.2 Å². The third-order valence-corrected chi connectivity index (χ3v) is 3.41. The Morgan fingerprint density at radius 1 is 1.27 bits per heavy atom. The maximum Gasteiger partial charge on any atom is 0.0112 e. The average Bonchev–Trinajstić information content (AvgIpc) is 2.71. The summed E-state index contributed by atoms with van der Waals surface area (Å²) < 4.78 is 0. The highest BCUT2D eigenvalue weighted by molar-refractivity contribution is 5.13. The normalized spacial score (nSPS) is 47.1. The van der Waals surface area contributed by atoms with Crippen LogP contribution in [0, 0.1) is 11.8 Å². The summed E-state index contributed by atoms with van der Waals surface area (Å²) in [5.74, 6) is 1.93. The van der Waals surface area contributed by atoms with E-state index >= 15 is 0 Å². The topological polar surface area (TPSA) is 12.0 Å². The molecule has 2 fully saturated rings. The molecule has 1 N–H and O–H groups in total. The van der Waals surface area contributed by atoms with Gasteiger partial charge in [-0.2, -0.15) is 0 Å². The van der Waals surface area contributed by atoms with Crippen molar-refractivity contribution >= 4 is 0 Å². The number of rotatable bonds is 2. The molecular weight excluding hydrogens is 134 g/mol. The molecule has 3 aliphatic rings. The summed E-state index contributed by atoms with van der Waals surface area (Å²) >= 11 is 0. The Bertz CT molecular complexity index is 193. The molecule has 3 atom stereocenters. The molecule has 2 saturated carbocycles. The number of fused-ring (bicyclic) bond motifs is 1. The van der Waals surface area contributed by atoms with E-state index in [0.29, 0.717) is 0 Å². The molecule has 3 aliphatic carbocycles. The number of allylic oxidation sites excluding steroid dienone is 2. The second-order valence-corrected chi connectivity index (χ2v) is 4.27. The predicted octanol–water partition coefficient (Wildman–Crippen LogP) is 1.70. The number of hydrogen-bond acceptors (Lipinski definition) is 1. The van der Waals surface area contributed by atoms with Crippen molar-refractivity contribution in [2.75, 3.05) is 0 Å². The highest BCUT2D eigenvalue weighted by Gasteiger charge is 2.42. The second kappa shape index (κ2) is 2.10. The summed E-state index contributed by atoms with van der Waals surface area (Å²) in [6, 6.07) is 1.78. The maximum atomic E-state index is 3.72. The molecule has 1 nitrogen and oxygen atoms in total. The van der Waals surface area contributed by atoms with E-state index in [-0.39, 0.29) is 0 Å². The van der Waals surface area contributed by atoms with Gasteiger partial charge in [-0.05, 0) is 37.5 Å². The van der Waals surface area contributed by atoms with Crippen LogP contribution in [-0.2, 0) is 0 Å². The predicted molar refractivity (Wildman–Crippen MR) is 45.3 cm³/mol. The lowest BCUT2D eigenvalue weighted by Crippen LogP contribution is -2.48. The van der Waals surface area contributed by atoms with Crippen LogP contribution in [0.3, 0.4) is 0 Å². The van der Waals surface area contributed by atoms with Crippen LogP contribution in [0.2, 0.25) is 0 Å². The van der Waals surface area contributed by atoms with Gasteiger partial charge in [0.15, 0.2) is 0 Å². The first kappa shape index (κ1) is 6.24. The molecule has 0 heterocycles. The van der Waals surface area contributed by atoms with Crippen LogP contribution in [0.25, 0.3) is 0 Å². The summed E-state index contributed by atoms with van der Waals surface area (Å²) in [6.45, 7) is 0. The van der Waals surface area contributed by atoms with Gasteiger partial charge in [0.2, 0.25) is 0 Å². The Hall–Kier alpha value is -0.300. The van der Waals surface area contributed by atoms with Crippen molar-refractivity contribution in [2.45, 2.75) is 37.8 Å². The van der Waals surface area contributed by atoms with Crippen molar-refractivity contribution in [2.24, 2.45) is 11.8 Å². The van der Waals surface area contributed by atoms with Crippen molar-refractivity contribution in [1.29, 1.82) is 0 Å². The minimum atomic E-state index is 0.877. The van der Waals surface area contributed by atoms with Crippen LogP contribution in [0.4, 0.5) is 0 Å². The molecule has 0 saturated heterocycles. The van der Waals surface area contributed by atoms with Crippen molar-refractivity contribution in [1.82, 2.24) is 5.32 Å². The highest BCUT2D eigenvalue weighted by atomic mass is 15.0. The number of nitrogens with one attached hydrogen (secondary N) is 1. The molecule has 0 spiro atoms. The van der Waals surface area contributed by atoms with Gasteiger partial charge in [-0.3, -0.25) is 0 Å². The van der Waals surface area contributed by atoms with Gasteiger partial charge in [0, 0.05) is 12.1 Å². The zero-order valence-electron chi connectivity index (χ0n) is 6.79. The fourth-order valence-corrected chi connectivity index (χ4v) is 2.46. The molecule has 0 radical (unpaired) electrons. The van der Waals surface area contributed by atoms with Crippen LogP contribution in [0.15, 0.2) is 12.2 Å². The molecule has 11 heavy (non-hydrogen) atoms. The average molecular weight is 149 g/mol. The molecule has 0 aromatic rings. The SMILES string of the molecule is C1=C[C@H]2C[C@@H](NC3CC3)[C@H]2C1. The van der Waals surface area contributed by atoms with E-state index in [9.17, 15) is 0 Å². The molecule has 0 aliphatic heterocycles. The summed E-state index contributed by atoms with van der Waals surface area (Å²) in [5, 5.41) is 3.72. The van der Waals surface area contributed by atoms with E-state index in [1.807, 2.05) is 0 Å². The fraction of sp³-hybridized carbons (Fsp3) is 0.800. The lowest BCUT2D eigenvalue weighted by atomic mass is 9.71. The second-order valence-electron chi connectivity index (χ2n) is 4.27. The molecule has 1 heteroatoms. The monoisotopic (exact) mass is 149 g/mol. The van der Waals surface area contributed by atoms with Crippen molar-refractivity contribution in [3.05, 3.63) is 12.2 Å². The molecular formula is C10H15N. The molecule has 60 valence electrons. The Balaban J connectivity index is 1.58. The molecule has 0 amide bonds. The zero-order valence-corrected chi connectivity index (χ0v) is 6.79. The van der Waals surface area contributed by atoms with Crippen molar-refractivity contribution < 1.29 is 0 Å². The van der Waals surface area contributed by atoms with E-state index in [4.69, 9.17) is 0 Å². The highest BCUT2D eigenvalue weighted by Crippen LogP contribution is 2.43. The Labute approximate surface area is 67.9 Å². The maximum absolute atomic E-state index is 3.72. The third-order valence-electron chi connectivity index (χ3n) is 3.41. The minimum absolute atomic E-state index is 0.877. The van der Waals surface area contributed by atoms with E-state index in [1.165, 1.54) is 25.7 Å². The van der Waals surface area contributed by atoms with Crippen LogP contribution in [0.5, 0.6) is 0 Å². The van der Waals surface area contributed by atoms with Gasteiger partial charge >= 0.3 is 0 Å². The number of hydrogen-bond donors (Lipinski definition) is 1. The van der Waals surface area contributed by atoms with Crippen LogP contribution < -0.4 is 5.32 Å². The Morgan fingerprint density at radius 3 is 2.91 bits per heavy atom. The first-order chi connectivity index (χ1) is 5.43. The summed E-state index contributed by atoms with van der Waals surface area (Å²) in [4.78, 5) is 0. The van der Waals surface area contributed by atoms with Gasteiger partial charge in [0.25, 0.3) is 0 Å². The van der Waals surface area contributed by atoms with Gasteiger partial charge in [-0.25, -0.2) is 0 Å². The standard InChI is InChI=1S/C10H15N/c1-2-7-6-10(9(7)3-1)11-8-4-5-8/h1-2,7-11H,3-6H2/t7-,9-,10+/m0/s1. The first-order valence-electron chi connectivity index (χ1n) is 4.86. The van der Waals surface area contributed by atoms with E-state index in [2.05, 4.69) is 17.5 Å². The third kappa shape index (κ3) is 0.943. The van der Waals surface area contributed by atoms with Gasteiger partial charge in [0.1, 0.15) is 0 Å². The lowest BCUT2D eigenvalue weighted by molar-refractivity contribution is 0.158. The van der Waals surface area contributed by atoms with E-state index < -0.39 is 0 Å². The molecule has 0 aromatic carbocycles. The minimum Gasteiger partial charge on any atom is -0.311 e. The largest absolute Gasteiger partial charge is 0.311 e. The smallest absolute Gasteiger partial charge is 0.0112 e. The van der Waals surface area contributed by atoms with E-state index in [0.717, 1.165) is 23.9 Å². The van der Waals surface area contributed by atoms with Crippen LogP contribution in [0.1, 0.15) is 25.7 Å². The van der Waals surface area contributed by atoms with Crippen molar-refractivity contribution in [3.8, 4) is 0 Å². The molecule has 3 rings (SSSR count). The lowest BCUT2D eigenvalue weighted by Gasteiger charge is -2.41. The summed E-state index contributed by atoms with van der Waals surface area (Å²) in [6.07, 6.45) is 10.4. The Kier molecular flexibility index (Phi) is 1.19. The molecule has 0 unspecified atom stereocenters. The zero-order chi connectivity index (χ0) is 7.26. The summed E-state index contributed by atoms with van der Waals surface area (Å²) in [5.41, 5.74) is 0. The van der Waals surface area contributed by atoms with Gasteiger partial charge in [0.05, 0.1) is 0 Å². The van der Waals surface area contributed by atoms with Crippen molar-refractivity contribution in [3.63, 3.8) is 0 Å². The first-order valence-corrected chi connectivity index (χ1v) is 4.86. The fourth-order valence-electron chi connectivity index (χ4n) is 2.46.